The summed E-state index contributed by atoms with van der Waals surface area (Å²) in [6.45, 7) is -0.131. The van der Waals surface area contributed by atoms with Crippen LogP contribution in [0, 0.1) is 0 Å². The number of fused-ring (bicyclic) bond motifs is 5. The van der Waals surface area contributed by atoms with Crippen molar-refractivity contribution in [3.63, 3.8) is 0 Å². The van der Waals surface area contributed by atoms with Gasteiger partial charge in [0.25, 0.3) is 6.71 Å². The Bertz CT molecular complexity index is 3800. The van der Waals surface area contributed by atoms with Gasteiger partial charge in [-0.1, -0.05) is 218 Å². The Morgan fingerprint density at radius 3 is 1.10 bits per heavy atom. The monoisotopic (exact) mass is 928 g/mol. The van der Waals surface area contributed by atoms with Gasteiger partial charge in [-0.2, -0.15) is 0 Å². The van der Waals surface area contributed by atoms with Gasteiger partial charge in [0.1, 0.15) is 0 Å². The molecule has 340 valence electrons. The SMILES string of the molecule is c1ccc(-c2ccc(N3c4ccc(-c5ccccc5)cc4B4c5cc(-c6ccccc6)ccc5N(c5ccc(-c6ccccc6)cc5)c5cc(-c6nc(-c7ccccc7)c7ccccc7n6)cc3c54)cc2)cc1. The fourth-order valence-corrected chi connectivity index (χ4v) is 11.2. The summed E-state index contributed by atoms with van der Waals surface area (Å²) in [5.41, 5.74) is 23.5. The van der Waals surface area contributed by atoms with Gasteiger partial charge in [-0.05, 0) is 115 Å². The number of para-hydroxylation sites is 1. The molecule has 0 N–H and O–H groups in total. The number of nitrogens with zero attached hydrogens (tertiary/aromatic N) is 4. The zero-order chi connectivity index (χ0) is 48.2. The van der Waals surface area contributed by atoms with E-state index in [4.69, 9.17) is 9.97 Å². The molecule has 12 aromatic rings. The van der Waals surface area contributed by atoms with Crippen molar-refractivity contribution in [1.82, 2.24) is 9.97 Å². The van der Waals surface area contributed by atoms with Crippen LogP contribution < -0.4 is 26.2 Å². The lowest BCUT2D eigenvalue weighted by Crippen LogP contribution is -2.61. The fraction of sp³-hybridized carbons (Fsp3) is 0. The largest absolute Gasteiger partial charge is 0.311 e. The van der Waals surface area contributed by atoms with Gasteiger partial charge in [-0.25, -0.2) is 9.97 Å². The Labute approximate surface area is 425 Å². The molecule has 0 saturated heterocycles. The summed E-state index contributed by atoms with van der Waals surface area (Å²) < 4.78 is 0. The molecule has 4 nitrogen and oxygen atoms in total. The summed E-state index contributed by atoms with van der Waals surface area (Å²) in [5.74, 6) is 0.669. The molecule has 3 heterocycles. The molecule has 0 bridgehead atoms. The molecule has 2 aliphatic heterocycles. The van der Waals surface area contributed by atoms with Gasteiger partial charge in [-0.3, -0.25) is 0 Å². The molecule has 0 saturated carbocycles. The van der Waals surface area contributed by atoms with Crippen molar-refractivity contribution in [2.24, 2.45) is 0 Å². The van der Waals surface area contributed by atoms with Crippen LogP contribution in [0.2, 0.25) is 0 Å². The van der Waals surface area contributed by atoms with Crippen molar-refractivity contribution in [3.05, 3.63) is 273 Å². The quantitative estimate of drug-likeness (QED) is 0.142. The summed E-state index contributed by atoms with van der Waals surface area (Å²) in [6, 6.07) is 98.7. The first-order chi connectivity index (χ1) is 36.2. The Hall–Kier alpha value is -9.58. The average Bonchev–Trinajstić information content (AvgIpc) is 3.47. The minimum atomic E-state index is -0.131. The highest BCUT2D eigenvalue weighted by Gasteiger charge is 2.44. The van der Waals surface area contributed by atoms with Crippen LogP contribution in [0.1, 0.15) is 0 Å². The molecule has 0 spiro atoms. The van der Waals surface area contributed by atoms with Gasteiger partial charge in [-0.15, -0.1) is 0 Å². The van der Waals surface area contributed by atoms with Crippen molar-refractivity contribution in [2.45, 2.75) is 0 Å². The van der Waals surface area contributed by atoms with Gasteiger partial charge in [0.2, 0.25) is 0 Å². The normalized spacial score (nSPS) is 12.3. The predicted molar refractivity (Wildman–Crippen MR) is 306 cm³/mol. The molecule has 1 aromatic heterocycles. The van der Waals surface area contributed by atoms with Crippen LogP contribution in [0.4, 0.5) is 34.1 Å². The van der Waals surface area contributed by atoms with E-state index < -0.39 is 0 Å². The lowest BCUT2D eigenvalue weighted by molar-refractivity contribution is 1.21. The number of benzene rings is 11. The number of aromatic nitrogens is 2. The van der Waals surface area contributed by atoms with Crippen LogP contribution in [0.15, 0.2) is 273 Å². The fourth-order valence-electron chi connectivity index (χ4n) is 11.2. The van der Waals surface area contributed by atoms with E-state index in [1.54, 1.807) is 0 Å². The van der Waals surface area contributed by atoms with E-state index in [0.29, 0.717) is 5.82 Å². The summed E-state index contributed by atoms with van der Waals surface area (Å²) in [7, 11) is 0. The van der Waals surface area contributed by atoms with Crippen LogP contribution >= 0.6 is 0 Å². The summed E-state index contributed by atoms with van der Waals surface area (Å²) in [6.07, 6.45) is 0. The van der Waals surface area contributed by atoms with E-state index in [1.807, 2.05) is 0 Å². The van der Waals surface area contributed by atoms with Crippen molar-refractivity contribution in [3.8, 4) is 67.2 Å². The third-order valence-corrected chi connectivity index (χ3v) is 14.7. The van der Waals surface area contributed by atoms with Crippen molar-refractivity contribution < 1.29 is 0 Å². The minimum absolute atomic E-state index is 0.131. The molecule has 73 heavy (non-hydrogen) atoms. The van der Waals surface area contributed by atoms with Gasteiger partial charge in [0.05, 0.1) is 11.2 Å². The Balaban J connectivity index is 1.08. The van der Waals surface area contributed by atoms with Crippen LogP contribution in [-0.4, -0.2) is 16.7 Å². The Morgan fingerprint density at radius 2 is 0.644 bits per heavy atom. The smallest absolute Gasteiger partial charge is 0.252 e. The lowest BCUT2D eigenvalue weighted by Gasteiger charge is -2.44. The molecule has 0 atom stereocenters. The Morgan fingerprint density at radius 1 is 0.274 bits per heavy atom. The molecule has 0 aliphatic carbocycles. The molecule has 2 aliphatic rings. The highest BCUT2D eigenvalue weighted by atomic mass is 15.2. The van der Waals surface area contributed by atoms with Crippen LogP contribution in [0.25, 0.3) is 78.1 Å². The second kappa shape index (κ2) is 17.7. The maximum absolute atomic E-state index is 5.52. The van der Waals surface area contributed by atoms with E-state index in [0.717, 1.165) is 61.8 Å². The molecule has 11 aromatic carbocycles. The van der Waals surface area contributed by atoms with Crippen molar-refractivity contribution in [1.29, 1.82) is 0 Å². The van der Waals surface area contributed by atoms with E-state index >= 15 is 0 Å². The molecular formula is C68H45BN4. The van der Waals surface area contributed by atoms with E-state index in [2.05, 4.69) is 283 Å². The number of rotatable bonds is 8. The third-order valence-electron chi connectivity index (χ3n) is 14.7. The lowest BCUT2D eigenvalue weighted by atomic mass is 9.33. The standard InChI is InChI=1S/C68H45BN4/c1-6-18-46(19-7-1)50-30-36-56(37-31-50)72-62-40-34-53(48-22-10-3-11-23-48)42-59(62)69-60-43-54(49-24-12-4-13-25-49)35-41-63(60)73(57-38-32-51(33-39-57)47-20-8-2-9-21-47)65-45-55(44-64(72)66(65)69)68-70-61-29-17-16-28-58(61)67(71-68)52-26-14-5-15-27-52/h1-45H. The molecule has 0 fully saturated rings. The van der Waals surface area contributed by atoms with Crippen molar-refractivity contribution in [2.75, 3.05) is 9.80 Å². The number of hydrogen-bond acceptors (Lipinski definition) is 4. The van der Waals surface area contributed by atoms with Gasteiger partial charge >= 0.3 is 0 Å². The topological polar surface area (TPSA) is 32.3 Å². The summed E-state index contributed by atoms with van der Waals surface area (Å²) in [4.78, 5) is 15.9. The van der Waals surface area contributed by atoms with E-state index in [9.17, 15) is 0 Å². The van der Waals surface area contributed by atoms with E-state index in [1.165, 1.54) is 60.9 Å². The van der Waals surface area contributed by atoms with Crippen LogP contribution in [-0.2, 0) is 0 Å². The minimum Gasteiger partial charge on any atom is -0.311 e. The molecule has 14 rings (SSSR count). The molecule has 0 amide bonds. The Kier molecular flexibility index (Phi) is 10.2. The number of anilines is 6. The average molecular weight is 929 g/mol. The van der Waals surface area contributed by atoms with Gasteiger partial charge in [0.15, 0.2) is 5.82 Å². The zero-order valence-electron chi connectivity index (χ0n) is 39.8. The first kappa shape index (κ1) is 42.3. The van der Waals surface area contributed by atoms with Gasteiger partial charge in [0, 0.05) is 50.6 Å². The molecule has 5 heteroatoms. The summed E-state index contributed by atoms with van der Waals surface area (Å²) in [5, 5.41) is 1.02. The van der Waals surface area contributed by atoms with Crippen LogP contribution in [0.3, 0.4) is 0 Å². The third kappa shape index (κ3) is 7.41. The van der Waals surface area contributed by atoms with Crippen LogP contribution in [0.5, 0.6) is 0 Å². The summed E-state index contributed by atoms with van der Waals surface area (Å²) >= 11 is 0. The van der Waals surface area contributed by atoms with Crippen molar-refractivity contribution >= 4 is 68.1 Å². The first-order valence-corrected chi connectivity index (χ1v) is 25.0. The van der Waals surface area contributed by atoms with E-state index in [-0.39, 0.29) is 6.71 Å². The highest BCUT2D eigenvalue weighted by Crippen LogP contribution is 2.47. The zero-order valence-corrected chi connectivity index (χ0v) is 39.8. The maximum Gasteiger partial charge on any atom is 0.252 e. The molecular weight excluding hydrogens is 884 g/mol. The predicted octanol–water partition coefficient (Wildman–Crippen LogP) is 15.7. The first-order valence-electron chi connectivity index (χ1n) is 25.0. The maximum atomic E-state index is 5.52. The molecule has 0 unspecified atom stereocenters. The highest BCUT2D eigenvalue weighted by molar-refractivity contribution is 7.00. The number of hydrogen-bond donors (Lipinski definition) is 0. The van der Waals surface area contributed by atoms with Gasteiger partial charge < -0.3 is 9.80 Å². The molecule has 0 radical (unpaired) electrons. The second-order valence-electron chi connectivity index (χ2n) is 18.9. The second-order valence-corrected chi connectivity index (χ2v) is 18.9.